The number of nitrogens with one attached hydrogen (secondary N) is 2. The number of halogens is 1. The van der Waals surface area contributed by atoms with Crippen LogP contribution in [0, 0.1) is 16.7 Å². The Morgan fingerprint density at radius 3 is 2.60 bits per heavy atom. The van der Waals surface area contributed by atoms with Crippen LogP contribution in [0.1, 0.15) is 47.2 Å². The molecular formula is C16H19ClN2O. The molecular weight excluding hydrogens is 272 g/mol. The predicted octanol–water partition coefficient (Wildman–Crippen LogP) is 3.25. The molecule has 3 rings (SSSR count). The molecule has 1 unspecified atom stereocenters. The van der Waals surface area contributed by atoms with E-state index in [0.29, 0.717) is 33.4 Å². The topological polar surface area (TPSA) is 53.0 Å². The van der Waals surface area contributed by atoms with Gasteiger partial charge in [-0.25, -0.2) is 0 Å². The van der Waals surface area contributed by atoms with Crippen molar-refractivity contribution in [3.8, 4) is 0 Å². The summed E-state index contributed by atoms with van der Waals surface area (Å²) in [6.07, 6.45) is 4.52. The lowest BCUT2D eigenvalue weighted by atomic mass is 9.54. The van der Waals surface area contributed by atoms with Gasteiger partial charge in [-0.1, -0.05) is 24.6 Å². The summed E-state index contributed by atoms with van der Waals surface area (Å²) in [7, 11) is 0. The summed E-state index contributed by atoms with van der Waals surface area (Å²) in [5.74, 6) is 1.02. The number of hydrogen-bond acceptors (Lipinski definition) is 3. The van der Waals surface area contributed by atoms with E-state index in [2.05, 4.69) is 12.2 Å². The molecule has 0 aromatic heterocycles. The standard InChI is InChI=1S/C16H19ClN2O/c1-10(11-4-16(5-11)8-19-9-16)12-2-3-15(17)14(7-20)13(12)6-18/h2-3,6-7,10-11,18-19H,4-5,8-9H2,1H3. The van der Waals surface area contributed by atoms with Crippen molar-refractivity contribution in [3.63, 3.8) is 0 Å². The fraction of sp³-hybridized carbons (Fsp3) is 0.500. The first kappa shape index (κ1) is 13.8. The third-order valence-electron chi connectivity index (χ3n) is 5.12. The molecule has 1 spiro atoms. The number of carbonyl (C=O) groups excluding carboxylic acids is 1. The van der Waals surface area contributed by atoms with Crippen LogP contribution in [0.3, 0.4) is 0 Å². The Balaban J connectivity index is 1.86. The minimum atomic E-state index is 0.369. The van der Waals surface area contributed by atoms with Crippen LogP contribution in [0.15, 0.2) is 12.1 Å². The van der Waals surface area contributed by atoms with Crippen LogP contribution in [-0.2, 0) is 0 Å². The summed E-state index contributed by atoms with van der Waals surface area (Å²) >= 11 is 6.05. The number of hydrogen-bond donors (Lipinski definition) is 2. The Hall–Kier alpha value is -1.19. The van der Waals surface area contributed by atoms with Gasteiger partial charge in [-0.3, -0.25) is 4.79 Å². The largest absolute Gasteiger partial charge is 0.316 e. The molecule has 1 saturated heterocycles. The average Bonchev–Trinajstić information content (AvgIpc) is 2.34. The van der Waals surface area contributed by atoms with Gasteiger partial charge in [0.15, 0.2) is 6.29 Å². The highest BCUT2D eigenvalue weighted by atomic mass is 35.5. The Morgan fingerprint density at radius 2 is 2.10 bits per heavy atom. The van der Waals surface area contributed by atoms with Gasteiger partial charge in [0, 0.05) is 30.4 Å². The Morgan fingerprint density at radius 1 is 1.40 bits per heavy atom. The summed E-state index contributed by atoms with van der Waals surface area (Å²) in [6, 6.07) is 3.76. The molecule has 1 aromatic rings. The monoisotopic (exact) mass is 290 g/mol. The zero-order valence-electron chi connectivity index (χ0n) is 11.6. The first-order valence-electron chi connectivity index (χ1n) is 7.09. The van der Waals surface area contributed by atoms with E-state index < -0.39 is 0 Å². The van der Waals surface area contributed by atoms with E-state index in [1.165, 1.54) is 19.1 Å². The van der Waals surface area contributed by atoms with E-state index in [1.807, 2.05) is 6.07 Å². The maximum atomic E-state index is 11.2. The first-order chi connectivity index (χ1) is 9.60. The van der Waals surface area contributed by atoms with Crippen LogP contribution in [-0.4, -0.2) is 25.6 Å². The number of aldehydes is 1. The van der Waals surface area contributed by atoms with Crippen LogP contribution in [0.2, 0.25) is 5.02 Å². The molecule has 106 valence electrons. The molecule has 2 fully saturated rings. The van der Waals surface area contributed by atoms with Gasteiger partial charge in [-0.05, 0) is 41.7 Å². The minimum Gasteiger partial charge on any atom is -0.316 e. The molecule has 20 heavy (non-hydrogen) atoms. The lowest BCUT2D eigenvalue weighted by Gasteiger charge is -2.56. The number of rotatable bonds is 4. The van der Waals surface area contributed by atoms with Gasteiger partial charge in [0.2, 0.25) is 0 Å². The van der Waals surface area contributed by atoms with Crippen molar-refractivity contribution in [2.24, 2.45) is 11.3 Å². The second-order valence-corrected chi connectivity index (χ2v) is 6.69. The summed E-state index contributed by atoms with van der Waals surface area (Å²) in [4.78, 5) is 11.2. The maximum Gasteiger partial charge on any atom is 0.152 e. The summed E-state index contributed by atoms with van der Waals surface area (Å²) in [5, 5.41) is 11.4. The lowest BCUT2D eigenvalue weighted by molar-refractivity contribution is -0.00994. The molecule has 2 N–H and O–H groups in total. The predicted molar refractivity (Wildman–Crippen MR) is 81.2 cm³/mol. The molecule has 0 bridgehead atoms. The van der Waals surface area contributed by atoms with Crippen molar-refractivity contribution >= 4 is 24.1 Å². The van der Waals surface area contributed by atoms with E-state index in [4.69, 9.17) is 17.0 Å². The van der Waals surface area contributed by atoms with Gasteiger partial charge in [0.05, 0.1) is 5.02 Å². The second kappa shape index (κ2) is 4.97. The van der Waals surface area contributed by atoms with Gasteiger partial charge in [0.25, 0.3) is 0 Å². The van der Waals surface area contributed by atoms with Crippen molar-refractivity contribution in [3.05, 3.63) is 33.8 Å². The third kappa shape index (κ3) is 2.00. The van der Waals surface area contributed by atoms with Crippen molar-refractivity contribution in [1.29, 1.82) is 5.41 Å². The van der Waals surface area contributed by atoms with Gasteiger partial charge in [0.1, 0.15) is 0 Å². The van der Waals surface area contributed by atoms with Crippen molar-refractivity contribution in [1.82, 2.24) is 5.32 Å². The van der Waals surface area contributed by atoms with E-state index in [-0.39, 0.29) is 0 Å². The van der Waals surface area contributed by atoms with Crippen molar-refractivity contribution in [2.75, 3.05) is 13.1 Å². The Kier molecular flexibility index (Phi) is 3.43. The van der Waals surface area contributed by atoms with Crippen LogP contribution >= 0.6 is 11.6 Å². The fourth-order valence-corrected chi connectivity index (χ4v) is 3.94. The SMILES string of the molecule is CC(c1ccc(Cl)c(C=O)c1C=N)C1CC2(CNC2)C1. The third-order valence-corrected chi connectivity index (χ3v) is 5.45. The second-order valence-electron chi connectivity index (χ2n) is 6.29. The molecule has 3 nitrogen and oxygen atoms in total. The molecule has 1 aromatic carbocycles. The summed E-state index contributed by atoms with van der Waals surface area (Å²) < 4.78 is 0. The van der Waals surface area contributed by atoms with E-state index >= 15 is 0 Å². The summed E-state index contributed by atoms with van der Waals surface area (Å²) in [5.41, 5.74) is 2.76. The molecule has 4 heteroatoms. The maximum absolute atomic E-state index is 11.2. The molecule has 1 atom stereocenters. The van der Waals surface area contributed by atoms with Crippen molar-refractivity contribution in [2.45, 2.75) is 25.7 Å². The number of benzene rings is 1. The highest BCUT2D eigenvalue weighted by molar-refractivity contribution is 6.33. The Labute approximate surface area is 124 Å². The molecule has 1 aliphatic carbocycles. The first-order valence-corrected chi connectivity index (χ1v) is 7.47. The number of carbonyl (C=O) groups is 1. The van der Waals surface area contributed by atoms with Gasteiger partial charge in [-0.15, -0.1) is 0 Å². The van der Waals surface area contributed by atoms with Crippen molar-refractivity contribution < 1.29 is 4.79 Å². The molecule has 1 aliphatic heterocycles. The highest BCUT2D eigenvalue weighted by Crippen LogP contribution is 2.53. The van der Waals surface area contributed by atoms with Gasteiger partial charge in [-0.2, -0.15) is 0 Å². The quantitative estimate of drug-likeness (QED) is 0.660. The molecule has 0 radical (unpaired) electrons. The van der Waals surface area contributed by atoms with Crippen LogP contribution in [0.5, 0.6) is 0 Å². The minimum absolute atomic E-state index is 0.369. The van der Waals surface area contributed by atoms with E-state index in [1.54, 1.807) is 6.07 Å². The average molecular weight is 291 g/mol. The smallest absolute Gasteiger partial charge is 0.152 e. The molecule has 1 saturated carbocycles. The van der Waals surface area contributed by atoms with Crippen LogP contribution in [0.25, 0.3) is 0 Å². The summed E-state index contributed by atoms with van der Waals surface area (Å²) in [6.45, 7) is 4.50. The Bertz CT molecular complexity index is 558. The fourth-order valence-electron chi connectivity index (χ4n) is 3.73. The van der Waals surface area contributed by atoms with Crippen LogP contribution in [0.4, 0.5) is 0 Å². The lowest BCUT2D eigenvalue weighted by Crippen LogP contribution is -2.60. The highest BCUT2D eigenvalue weighted by Gasteiger charge is 2.50. The molecule has 0 amide bonds. The zero-order chi connectivity index (χ0) is 14.3. The normalized spacial score (nSPS) is 21.9. The molecule has 1 heterocycles. The zero-order valence-corrected chi connectivity index (χ0v) is 12.3. The van der Waals surface area contributed by atoms with Gasteiger partial charge >= 0.3 is 0 Å². The van der Waals surface area contributed by atoms with Gasteiger partial charge < -0.3 is 10.7 Å². The molecule has 2 aliphatic rings. The van der Waals surface area contributed by atoms with E-state index in [9.17, 15) is 4.79 Å². The van der Waals surface area contributed by atoms with E-state index in [0.717, 1.165) is 24.9 Å². The van der Waals surface area contributed by atoms with Crippen LogP contribution < -0.4 is 5.32 Å².